The van der Waals surface area contributed by atoms with E-state index < -0.39 is 26.5 Å². The summed E-state index contributed by atoms with van der Waals surface area (Å²) in [4.78, 5) is 14.5. The molecule has 0 N–H and O–H groups in total. The fourth-order valence-corrected chi connectivity index (χ4v) is 11.1. The minimum atomic E-state index is -2.32. The number of furan rings is 1. The quantitative estimate of drug-likeness (QED) is 0.107. The molecule has 323 valence electrons. The van der Waals surface area contributed by atoms with Gasteiger partial charge in [-0.15, -0.1) is 18.2 Å². The maximum atomic E-state index is 8.60. The average Bonchev–Trinajstić information content (AvgIpc) is 3.86. The van der Waals surface area contributed by atoms with Gasteiger partial charge >= 0.3 is 139 Å². The molecule has 0 unspecified atom stereocenters. The third-order valence-electron chi connectivity index (χ3n) is 11.2. The zero-order valence-corrected chi connectivity index (χ0v) is 42.3. The van der Waals surface area contributed by atoms with Gasteiger partial charge in [-0.3, -0.25) is 4.98 Å². The molecule has 7 heteroatoms. The van der Waals surface area contributed by atoms with Crippen LogP contribution < -0.4 is 4.40 Å². The molecule has 0 aliphatic heterocycles. The zero-order valence-electron chi connectivity index (χ0n) is 42.8. The summed E-state index contributed by atoms with van der Waals surface area (Å²) in [5.74, 6) is 7.93. The summed E-state index contributed by atoms with van der Waals surface area (Å²) in [5.41, 5.74) is 13.6. The number of imidazole rings is 1. The molecule has 0 fully saturated rings. The van der Waals surface area contributed by atoms with Crippen molar-refractivity contribution in [2.24, 2.45) is 5.92 Å². The van der Waals surface area contributed by atoms with E-state index in [0.29, 0.717) is 34.4 Å². The SMILES string of the molecule is Cc1ccc2c(n1)oc1c(-c3nc4ccccc4n3-c3c(C(C)C)cc(-c4ccccc4)cc3C(C)C)[c-]ccc12.[2H]C([2H])([2H])c1c[c-]c(-c2cc(C([2H])([2H])C(C)C)[c]([Ge]([CH3])([CH3])[CH3])cn2)cc1.[Ir]. The maximum Gasteiger partial charge on any atom is 0 e. The van der Waals surface area contributed by atoms with Crippen molar-refractivity contribution in [3.05, 3.63) is 162 Å². The molecule has 0 spiro atoms. The smallest absolute Gasteiger partial charge is 0 e. The standard InChI is InChI=1S/C37H32N3O.C19H26GeN.Ir/c1-22(2)30-20-26(25-12-7-6-8-13-25)21-31(23(3)4)34(30)40-33-17-10-9-16-32(33)39-36(40)29-15-11-14-27-28-19-18-24(5)38-37(28)41-35(27)29;1-14(2)11-17-12-19(16-9-7-15(3)8-10-16)21-13-18(17)20(4,5)6;/h6-14,16-23H,1-5H3;7-9,12-14H,11H2,1-6H3;/q2*-1;/i;3D3,11D2;. The predicted octanol–water partition coefficient (Wildman–Crippen LogP) is 14.6. The zero-order chi connectivity index (χ0) is 48.2. The van der Waals surface area contributed by atoms with Crippen LogP contribution in [0.4, 0.5) is 0 Å². The van der Waals surface area contributed by atoms with Gasteiger partial charge in [0.15, 0.2) is 0 Å². The number of nitrogens with zero attached hydrogens (tertiary/aromatic N) is 4. The fourth-order valence-electron chi connectivity index (χ4n) is 8.13. The fraction of sp³-hybridized carbons (Fsp3) is 0.268. The van der Waals surface area contributed by atoms with Crippen molar-refractivity contribution < 1.29 is 31.4 Å². The molecule has 0 saturated heterocycles. The van der Waals surface area contributed by atoms with E-state index in [1.165, 1.54) is 34.0 Å². The summed E-state index contributed by atoms with van der Waals surface area (Å²) in [6.07, 6.45) is 0.362. The van der Waals surface area contributed by atoms with Gasteiger partial charge in [-0.25, -0.2) is 4.98 Å². The third kappa shape index (κ3) is 9.55. The number of hydrogen-bond donors (Lipinski definition) is 0. The van der Waals surface area contributed by atoms with Gasteiger partial charge in [0.25, 0.3) is 0 Å². The van der Waals surface area contributed by atoms with Crippen LogP contribution in [0.3, 0.4) is 0 Å². The van der Waals surface area contributed by atoms with E-state index in [4.69, 9.17) is 16.3 Å². The van der Waals surface area contributed by atoms with Crippen molar-refractivity contribution in [1.82, 2.24) is 19.5 Å². The molecule has 1 radical (unpaired) electrons. The maximum absolute atomic E-state index is 8.60. The van der Waals surface area contributed by atoms with Crippen LogP contribution in [0, 0.1) is 31.8 Å². The van der Waals surface area contributed by atoms with E-state index in [2.05, 4.69) is 144 Å². The molecule has 9 aromatic rings. The van der Waals surface area contributed by atoms with Crippen molar-refractivity contribution in [2.75, 3.05) is 0 Å². The molecule has 5 nitrogen and oxygen atoms in total. The Morgan fingerprint density at radius 3 is 2.14 bits per heavy atom. The van der Waals surface area contributed by atoms with Crippen molar-refractivity contribution >= 4 is 50.8 Å². The van der Waals surface area contributed by atoms with E-state index in [1.807, 2.05) is 51.2 Å². The number of pyridine rings is 2. The Bertz CT molecular complexity index is 3210. The molecule has 0 amide bonds. The van der Waals surface area contributed by atoms with Crippen LogP contribution in [0.15, 0.2) is 126 Å². The van der Waals surface area contributed by atoms with E-state index >= 15 is 0 Å². The average molecular weight is 1070 g/mol. The number of rotatable bonds is 9. The van der Waals surface area contributed by atoms with Gasteiger partial charge in [-0.1, -0.05) is 81.1 Å². The van der Waals surface area contributed by atoms with Crippen LogP contribution in [-0.4, -0.2) is 32.8 Å². The summed E-state index contributed by atoms with van der Waals surface area (Å²) in [6, 6.07) is 45.0. The van der Waals surface area contributed by atoms with Crippen molar-refractivity contribution in [2.45, 2.75) is 90.8 Å². The molecule has 9 rings (SSSR count). The van der Waals surface area contributed by atoms with Crippen molar-refractivity contribution in [3.8, 4) is 39.5 Å². The second-order valence-corrected chi connectivity index (χ2v) is 28.7. The van der Waals surface area contributed by atoms with Gasteiger partial charge in [0.05, 0.1) is 22.4 Å². The second kappa shape index (κ2) is 18.9. The van der Waals surface area contributed by atoms with E-state index in [9.17, 15) is 0 Å². The molecular weight excluding hydrogens is 1010 g/mol. The van der Waals surface area contributed by atoms with Gasteiger partial charge in [0, 0.05) is 36.9 Å². The predicted molar refractivity (Wildman–Crippen MR) is 264 cm³/mol. The van der Waals surface area contributed by atoms with Crippen LogP contribution in [0.1, 0.15) is 88.2 Å². The molecule has 0 atom stereocenters. The summed E-state index contributed by atoms with van der Waals surface area (Å²) in [5, 5.41) is 2.02. The van der Waals surface area contributed by atoms with Gasteiger partial charge in [-0.2, -0.15) is 0 Å². The minimum Gasteiger partial charge on any atom is 0 e. The Labute approximate surface area is 397 Å². The first-order chi connectivity index (χ1) is 31.6. The topological polar surface area (TPSA) is 56.7 Å². The minimum absolute atomic E-state index is 0. The molecule has 0 bridgehead atoms. The van der Waals surface area contributed by atoms with Crippen molar-refractivity contribution in [1.29, 1.82) is 0 Å². The number of hydrogen-bond acceptors (Lipinski definition) is 4. The van der Waals surface area contributed by atoms with Crippen LogP contribution in [0.2, 0.25) is 17.3 Å². The molecule has 0 aliphatic carbocycles. The molecular formula is C56H58GeIrN4O-2. The molecule has 0 aliphatic rings. The van der Waals surface area contributed by atoms with Crippen LogP contribution in [0.5, 0.6) is 0 Å². The summed E-state index contributed by atoms with van der Waals surface area (Å²) < 4.78 is 49.4. The van der Waals surface area contributed by atoms with E-state index in [-0.39, 0.29) is 31.6 Å². The summed E-state index contributed by atoms with van der Waals surface area (Å²) >= 11 is -2.32. The molecule has 5 aromatic carbocycles. The number of aromatic nitrogens is 4. The Hall–Kier alpha value is -5.14. The molecule has 63 heavy (non-hydrogen) atoms. The third-order valence-corrected chi connectivity index (χ3v) is 15.4. The van der Waals surface area contributed by atoms with Crippen LogP contribution >= 0.6 is 0 Å². The van der Waals surface area contributed by atoms with Gasteiger partial charge < -0.3 is 8.98 Å². The van der Waals surface area contributed by atoms with E-state index in [1.54, 1.807) is 12.1 Å². The summed E-state index contributed by atoms with van der Waals surface area (Å²) in [6.45, 7) is 12.7. The van der Waals surface area contributed by atoms with Gasteiger partial charge in [0.1, 0.15) is 0 Å². The number of benzene rings is 5. The molecule has 4 aromatic heterocycles. The Morgan fingerprint density at radius 1 is 0.778 bits per heavy atom. The largest absolute Gasteiger partial charge is 0 e. The normalized spacial score (nSPS) is 13.4. The van der Waals surface area contributed by atoms with Crippen molar-refractivity contribution in [3.63, 3.8) is 0 Å². The number of para-hydroxylation sites is 2. The van der Waals surface area contributed by atoms with Crippen LogP contribution in [-0.2, 0) is 26.5 Å². The first-order valence-electron chi connectivity index (χ1n) is 24.1. The molecule has 0 saturated carbocycles. The molecule has 4 heterocycles. The Morgan fingerprint density at radius 2 is 1.49 bits per heavy atom. The number of fused-ring (bicyclic) bond motifs is 4. The summed E-state index contributed by atoms with van der Waals surface area (Å²) in [7, 11) is 0. The Balaban J connectivity index is 0.000000220. The number of aryl methyl sites for hydroxylation is 2. The van der Waals surface area contributed by atoms with E-state index in [0.717, 1.165) is 48.9 Å². The Kier molecular flexibility index (Phi) is 11.8. The first kappa shape index (κ1) is 39.5. The second-order valence-electron chi connectivity index (χ2n) is 18.1. The first-order valence-corrected chi connectivity index (χ1v) is 28.9. The van der Waals surface area contributed by atoms with Crippen LogP contribution in [0.25, 0.3) is 72.6 Å². The van der Waals surface area contributed by atoms with Gasteiger partial charge in [0.2, 0.25) is 5.71 Å². The monoisotopic (exact) mass is 1070 g/mol. The van der Waals surface area contributed by atoms with Gasteiger partial charge in [-0.05, 0) is 77.4 Å².